The fourth-order valence-electron chi connectivity index (χ4n) is 1.57. The third-order valence-electron chi connectivity index (χ3n) is 2.81. The van der Waals surface area contributed by atoms with Gasteiger partial charge in [-0.25, -0.2) is 12.7 Å². The van der Waals surface area contributed by atoms with Crippen molar-refractivity contribution in [1.82, 2.24) is 9.62 Å². The third kappa shape index (κ3) is 4.86. The Balaban J connectivity index is 2.94. The molecule has 0 aliphatic heterocycles. The van der Waals surface area contributed by atoms with Crippen molar-refractivity contribution in [3.05, 3.63) is 29.8 Å². The van der Waals surface area contributed by atoms with E-state index in [1.807, 2.05) is 0 Å². The molecule has 0 aliphatic carbocycles. The van der Waals surface area contributed by atoms with Crippen molar-refractivity contribution in [1.29, 1.82) is 0 Å². The maximum Gasteiger partial charge on any atom is 0.242 e. The second-order valence-electron chi connectivity index (χ2n) is 4.28. The van der Waals surface area contributed by atoms with Crippen molar-refractivity contribution >= 4 is 15.9 Å². The summed E-state index contributed by atoms with van der Waals surface area (Å²) in [7, 11) is -0.685. The highest BCUT2D eigenvalue weighted by molar-refractivity contribution is 7.89. The number of nitrogens with two attached hydrogens (primary N) is 1. The van der Waals surface area contributed by atoms with Crippen LogP contribution >= 0.6 is 0 Å². The first-order valence-electron chi connectivity index (χ1n) is 6.37. The van der Waals surface area contributed by atoms with Crippen LogP contribution in [0.25, 0.3) is 0 Å². The predicted octanol–water partition coefficient (Wildman–Crippen LogP) is -0.247. The van der Waals surface area contributed by atoms with E-state index in [-0.39, 0.29) is 30.3 Å². The molecule has 21 heavy (non-hydrogen) atoms. The second kappa shape index (κ2) is 7.78. The van der Waals surface area contributed by atoms with Gasteiger partial charge in [0.05, 0.1) is 11.4 Å². The second-order valence-corrected chi connectivity index (χ2v) is 6.33. The lowest BCUT2D eigenvalue weighted by Crippen LogP contribution is -2.31. The van der Waals surface area contributed by atoms with E-state index in [4.69, 9.17) is 5.73 Å². The monoisotopic (exact) mass is 309 g/mol. The SMILES string of the molecule is CNC(=O)CCN(C)S(=O)(=O)c1cccc(C#CCN)c1. The average molecular weight is 309 g/mol. The van der Waals surface area contributed by atoms with Crippen molar-refractivity contribution in [2.45, 2.75) is 11.3 Å². The number of nitrogens with zero attached hydrogens (tertiary/aromatic N) is 1. The zero-order valence-corrected chi connectivity index (χ0v) is 12.9. The summed E-state index contributed by atoms with van der Waals surface area (Å²) < 4.78 is 25.9. The quantitative estimate of drug-likeness (QED) is 0.734. The van der Waals surface area contributed by atoms with Crippen molar-refractivity contribution in [2.24, 2.45) is 5.73 Å². The van der Waals surface area contributed by atoms with Crippen LogP contribution in [0.2, 0.25) is 0 Å². The Morgan fingerprint density at radius 3 is 2.76 bits per heavy atom. The highest BCUT2D eigenvalue weighted by atomic mass is 32.2. The summed E-state index contributed by atoms with van der Waals surface area (Å²) in [6.07, 6.45) is 0.110. The van der Waals surface area contributed by atoms with Gasteiger partial charge in [-0.1, -0.05) is 17.9 Å². The topological polar surface area (TPSA) is 92.5 Å². The van der Waals surface area contributed by atoms with Crippen molar-refractivity contribution in [2.75, 3.05) is 27.2 Å². The van der Waals surface area contributed by atoms with Gasteiger partial charge in [0.15, 0.2) is 0 Å². The molecule has 7 heteroatoms. The van der Waals surface area contributed by atoms with Gasteiger partial charge in [-0.3, -0.25) is 4.79 Å². The smallest absolute Gasteiger partial charge is 0.242 e. The van der Waals surface area contributed by atoms with Crippen molar-refractivity contribution in [3.8, 4) is 11.8 Å². The Morgan fingerprint density at radius 1 is 1.43 bits per heavy atom. The molecular formula is C14H19N3O3S. The summed E-state index contributed by atoms with van der Waals surface area (Å²) in [4.78, 5) is 11.3. The van der Waals surface area contributed by atoms with Crippen molar-refractivity contribution < 1.29 is 13.2 Å². The summed E-state index contributed by atoms with van der Waals surface area (Å²) in [6, 6.07) is 6.33. The first-order valence-corrected chi connectivity index (χ1v) is 7.81. The molecule has 1 aromatic rings. The lowest BCUT2D eigenvalue weighted by molar-refractivity contribution is -0.120. The Hall–Kier alpha value is -1.88. The summed E-state index contributed by atoms with van der Waals surface area (Å²) in [5, 5.41) is 2.45. The summed E-state index contributed by atoms with van der Waals surface area (Å²) in [5.74, 6) is 5.26. The van der Waals surface area contributed by atoms with Crippen LogP contribution in [0.15, 0.2) is 29.2 Å². The van der Waals surface area contributed by atoms with E-state index in [0.717, 1.165) is 4.31 Å². The molecule has 114 valence electrons. The van der Waals surface area contributed by atoms with E-state index >= 15 is 0 Å². The summed E-state index contributed by atoms with van der Waals surface area (Å²) in [5.41, 5.74) is 5.88. The molecule has 0 aliphatic rings. The van der Waals surface area contributed by atoms with E-state index in [0.29, 0.717) is 5.56 Å². The van der Waals surface area contributed by atoms with Crippen LogP contribution in [-0.2, 0) is 14.8 Å². The van der Waals surface area contributed by atoms with E-state index in [1.165, 1.54) is 26.2 Å². The van der Waals surface area contributed by atoms with Gasteiger partial charge in [-0.15, -0.1) is 0 Å². The number of carbonyl (C=O) groups excluding carboxylic acids is 1. The molecule has 0 radical (unpaired) electrons. The van der Waals surface area contributed by atoms with E-state index < -0.39 is 10.0 Å². The lowest BCUT2D eigenvalue weighted by Gasteiger charge is -2.16. The fraction of sp³-hybridized carbons (Fsp3) is 0.357. The van der Waals surface area contributed by atoms with Crippen LogP contribution in [0.3, 0.4) is 0 Å². The molecule has 0 atom stereocenters. The number of hydrogen-bond donors (Lipinski definition) is 2. The molecule has 1 rings (SSSR count). The number of carbonyl (C=O) groups is 1. The normalized spacial score (nSPS) is 10.9. The van der Waals surface area contributed by atoms with Crippen LogP contribution in [0.4, 0.5) is 0 Å². The van der Waals surface area contributed by atoms with Gasteiger partial charge < -0.3 is 11.1 Å². The minimum Gasteiger partial charge on any atom is -0.359 e. The van der Waals surface area contributed by atoms with Crippen LogP contribution in [0.5, 0.6) is 0 Å². The zero-order valence-electron chi connectivity index (χ0n) is 12.1. The molecule has 1 amide bonds. The highest BCUT2D eigenvalue weighted by Gasteiger charge is 2.21. The Morgan fingerprint density at radius 2 is 2.14 bits per heavy atom. The molecule has 1 aromatic carbocycles. The lowest BCUT2D eigenvalue weighted by atomic mass is 10.2. The van der Waals surface area contributed by atoms with Gasteiger partial charge in [0.1, 0.15) is 0 Å². The number of hydrogen-bond acceptors (Lipinski definition) is 4. The van der Waals surface area contributed by atoms with Crippen molar-refractivity contribution in [3.63, 3.8) is 0 Å². The van der Waals surface area contributed by atoms with Gasteiger partial charge in [-0.2, -0.15) is 0 Å². The third-order valence-corrected chi connectivity index (χ3v) is 4.66. The van der Waals surface area contributed by atoms with E-state index in [9.17, 15) is 13.2 Å². The molecule has 0 unspecified atom stereocenters. The van der Waals surface area contributed by atoms with Crippen LogP contribution in [-0.4, -0.2) is 45.8 Å². The zero-order chi connectivity index (χ0) is 15.9. The number of sulfonamides is 1. The Bertz CT molecular complexity index is 660. The van der Waals surface area contributed by atoms with Gasteiger partial charge in [-0.05, 0) is 18.2 Å². The first kappa shape index (κ1) is 17.2. The van der Waals surface area contributed by atoms with Gasteiger partial charge >= 0.3 is 0 Å². The fourth-order valence-corrected chi connectivity index (χ4v) is 2.79. The first-order chi connectivity index (χ1) is 9.91. The molecule has 0 heterocycles. The standard InChI is InChI=1S/C14H19N3O3S/c1-16-14(18)8-10-17(2)21(19,20)13-7-3-5-12(11-13)6-4-9-15/h3,5,7,11H,8-10,15H2,1-2H3,(H,16,18). The molecule has 0 bridgehead atoms. The summed E-state index contributed by atoms with van der Waals surface area (Å²) in [6.45, 7) is 0.323. The number of nitrogens with one attached hydrogen (secondary N) is 1. The number of benzene rings is 1. The molecule has 0 spiro atoms. The molecule has 0 saturated heterocycles. The van der Waals surface area contributed by atoms with E-state index in [2.05, 4.69) is 17.2 Å². The van der Waals surface area contributed by atoms with Crippen LogP contribution < -0.4 is 11.1 Å². The van der Waals surface area contributed by atoms with Crippen LogP contribution in [0.1, 0.15) is 12.0 Å². The van der Waals surface area contributed by atoms with E-state index in [1.54, 1.807) is 12.1 Å². The number of amides is 1. The Labute approximate surface area is 125 Å². The molecule has 0 fully saturated rings. The average Bonchev–Trinajstić information content (AvgIpc) is 2.50. The minimum absolute atomic E-state index is 0.110. The molecule has 3 N–H and O–H groups in total. The van der Waals surface area contributed by atoms with Gasteiger partial charge in [0, 0.05) is 32.6 Å². The molecule has 6 nitrogen and oxygen atoms in total. The molecule has 0 saturated carbocycles. The minimum atomic E-state index is -3.64. The number of rotatable bonds is 5. The largest absolute Gasteiger partial charge is 0.359 e. The maximum absolute atomic E-state index is 12.4. The van der Waals surface area contributed by atoms with Gasteiger partial charge in [0.2, 0.25) is 15.9 Å². The Kier molecular flexibility index (Phi) is 6.37. The van der Waals surface area contributed by atoms with Gasteiger partial charge in [0.25, 0.3) is 0 Å². The summed E-state index contributed by atoms with van der Waals surface area (Å²) >= 11 is 0. The molecule has 0 aromatic heterocycles. The highest BCUT2D eigenvalue weighted by Crippen LogP contribution is 2.15. The molecular weight excluding hydrogens is 290 g/mol. The van der Waals surface area contributed by atoms with Crippen LogP contribution in [0, 0.1) is 11.8 Å². The predicted molar refractivity (Wildman–Crippen MR) is 80.9 cm³/mol. The maximum atomic E-state index is 12.4.